The van der Waals surface area contributed by atoms with Gasteiger partial charge >= 0.3 is 6.09 Å². The molecule has 0 unspecified atom stereocenters. The molecule has 2 rings (SSSR count). The minimum atomic E-state index is -3.73. The summed E-state index contributed by atoms with van der Waals surface area (Å²) in [4.78, 5) is 12.9. The molecule has 0 bridgehead atoms. The van der Waals surface area contributed by atoms with Crippen molar-refractivity contribution in [1.29, 1.82) is 0 Å². The van der Waals surface area contributed by atoms with E-state index in [1.54, 1.807) is 0 Å². The van der Waals surface area contributed by atoms with Crippen LogP contribution < -0.4 is 15.8 Å². The van der Waals surface area contributed by atoms with Gasteiger partial charge in [-0.2, -0.15) is 0 Å². The van der Waals surface area contributed by atoms with Crippen molar-refractivity contribution in [3.05, 3.63) is 24.3 Å². The number of carbonyl (C=O) groups is 1. The number of carbonyl (C=O) groups excluding carboxylic acids is 1. The number of hydrogen-bond acceptors (Lipinski definition) is 5. The zero-order valence-corrected chi connectivity index (χ0v) is 10.3. The van der Waals surface area contributed by atoms with E-state index in [0.29, 0.717) is 12.2 Å². The minimum absolute atomic E-state index is 0.00538. The fourth-order valence-electron chi connectivity index (χ4n) is 1.67. The van der Waals surface area contributed by atoms with Gasteiger partial charge in [0.25, 0.3) is 0 Å². The summed E-state index contributed by atoms with van der Waals surface area (Å²) in [6, 6.07) is 5.68. The second-order valence-corrected chi connectivity index (χ2v) is 5.45. The van der Waals surface area contributed by atoms with E-state index >= 15 is 0 Å². The zero-order valence-electron chi connectivity index (χ0n) is 9.44. The molecule has 18 heavy (non-hydrogen) atoms. The van der Waals surface area contributed by atoms with Crippen molar-refractivity contribution in [2.75, 3.05) is 18.0 Å². The van der Waals surface area contributed by atoms with E-state index in [4.69, 9.17) is 15.6 Å². The molecule has 1 aromatic carbocycles. The van der Waals surface area contributed by atoms with Gasteiger partial charge < -0.3 is 10.5 Å². The topological polar surface area (TPSA) is 116 Å². The molecule has 7 nitrogen and oxygen atoms in total. The van der Waals surface area contributed by atoms with Crippen molar-refractivity contribution in [1.82, 2.24) is 0 Å². The molecule has 8 heteroatoms. The molecule has 1 aliphatic heterocycles. The first-order valence-corrected chi connectivity index (χ1v) is 6.77. The van der Waals surface area contributed by atoms with Crippen LogP contribution in [0.15, 0.2) is 29.2 Å². The molecule has 1 heterocycles. The molecular weight excluding hydrogens is 258 g/mol. The number of rotatable bonds is 3. The summed E-state index contributed by atoms with van der Waals surface area (Å²) in [5, 5.41) is 4.98. The normalized spacial score (nSPS) is 20.0. The Balaban J connectivity index is 2.23. The molecule has 1 aliphatic rings. The second kappa shape index (κ2) is 4.56. The first kappa shape index (κ1) is 12.8. The average molecular weight is 271 g/mol. The fourth-order valence-corrected chi connectivity index (χ4v) is 2.19. The third kappa shape index (κ3) is 2.45. The smallest absolute Gasteiger partial charge is 0.414 e. The van der Waals surface area contributed by atoms with Crippen molar-refractivity contribution in [2.45, 2.75) is 11.0 Å². The first-order valence-electron chi connectivity index (χ1n) is 5.23. The van der Waals surface area contributed by atoms with Crippen molar-refractivity contribution in [3.8, 4) is 0 Å². The van der Waals surface area contributed by atoms with Crippen molar-refractivity contribution in [3.63, 3.8) is 0 Å². The van der Waals surface area contributed by atoms with Gasteiger partial charge in [-0.05, 0) is 24.3 Å². The van der Waals surface area contributed by atoms with Crippen LogP contribution in [-0.4, -0.2) is 33.7 Å². The van der Waals surface area contributed by atoms with Crippen LogP contribution in [0.4, 0.5) is 10.5 Å². The SMILES string of the molecule is NC[C@H]1CN(c2ccc(S(N)(=O)=O)cc2)C(=O)O1. The maximum atomic E-state index is 11.5. The van der Waals surface area contributed by atoms with E-state index in [1.165, 1.54) is 29.2 Å². The van der Waals surface area contributed by atoms with Crippen LogP contribution in [0.2, 0.25) is 0 Å². The van der Waals surface area contributed by atoms with E-state index in [0.717, 1.165) is 0 Å². The summed E-state index contributed by atoms with van der Waals surface area (Å²) < 4.78 is 27.2. The second-order valence-electron chi connectivity index (χ2n) is 3.89. The fraction of sp³-hybridized carbons (Fsp3) is 0.300. The molecule has 1 aromatic rings. The number of hydrogen-bond donors (Lipinski definition) is 2. The van der Waals surface area contributed by atoms with Gasteiger partial charge in [0.2, 0.25) is 10.0 Å². The van der Waals surface area contributed by atoms with Crippen LogP contribution >= 0.6 is 0 Å². The van der Waals surface area contributed by atoms with Crippen LogP contribution in [0.25, 0.3) is 0 Å². The molecule has 1 fully saturated rings. The zero-order chi connectivity index (χ0) is 13.3. The minimum Gasteiger partial charge on any atom is -0.443 e. The third-order valence-corrected chi connectivity index (χ3v) is 3.54. The van der Waals surface area contributed by atoms with Gasteiger partial charge in [-0.1, -0.05) is 0 Å². The van der Waals surface area contributed by atoms with Crippen molar-refractivity contribution < 1.29 is 17.9 Å². The number of cyclic esters (lactones) is 1. The first-order chi connectivity index (χ1) is 8.41. The van der Waals surface area contributed by atoms with E-state index in [1.807, 2.05) is 0 Å². The van der Waals surface area contributed by atoms with Gasteiger partial charge in [0.15, 0.2) is 0 Å². The molecule has 4 N–H and O–H groups in total. The van der Waals surface area contributed by atoms with Gasteiger partial charge in [0, 0.05) is 12.2 Å². The highest BCUT2D eigenvalue weighted by atomic mass is 32.2. The lowest BCUT2D eigenvalue weighted by atomic mass is 10.3. The van der Waals surface area contributed by atoms with Crippen LogP contribution in [0.3, 0.4) is 0 Å². The van der Waals surface area contributed by atoms with E-state index in [9.17, 15) is 13.2 Å². The summed E-state index contributed by atoms with van der Waals surface area (Å²) in [7, 11) is -3.73. The van der Waals surface area contributed by atoms with Crippen molar-refractivity contribution >= 4 is 21.8 Å². The molecular formula is C10H13N3O4S. The Morgan fingerprint density at radius 3 is 2.39 bits per heavy atom. The lowest BCUT2D eigenvalue weighted by molar-refractivity contribution is 0.145. The summed E-state index contributed by atoms with van der Waals surface area (Å²) in [6.07, 6.45) is -0.829. The molecule has 0 spiro atoms. The van der Waals surface area contributed by atoms with Crippen molar-refractivity contribution in [2.24, 2.45) is 10.9 Å². The molecule has 0 saturated carbocycles. The lowest BCUT2D eigenvalue weighted by Crippen LogP contribution is -2.27. The summed E-state index contributed by atoms with van der Waals surface area (Å²) in [6.45, 7) is 0.599. The molecule has 1 amide bonds. The Hall–Kier alpha value is -1.64. The Morgan fingerprint density at radius 2 is 1.94 bits per heavy atom. The summed E-state index contributed by atoms with van der Waals surface area (Å²) in [5.41, 5.74) is 5.96. The van der Waals surface area contributed by atoms with Crippen LogP contribution in [0.5, 0.6) is 0 Å². The third-order valence-electron chi connectivity index (χ3n) is 2.61. The van der Waals surface area contributed by atoms with Crippen LogP contribution in [0, 0.1) is 0 Å². The van der Waals surface area contributed by atoms with E-state index in [2.05, 4.69) is 0 Å². The summed E-state index contributed by atoms with van der Waals surface area (Å²) >= 11 is 0. The highest BCUT2D eigenvalue weighted by Gasteiger charge is 2.31. The summed E-state index contributed by atoms with van der Waals surface area (Å²) in [5.74, 6) is 0. The maximum Gasteiger partial charge on any atom is 0.414 e. The van der Waals surface area contributed by atoms with Crippen LogP contribution in [0.1, 0.15) is 0 Å². The van der Waals surface area contributed by atoms with Gasteiger partial charge in [-0.15, -0.1) is 0 Å². The standard InChI is InChI=1S/C10H13N3O4S/c11-5-8-6-13(10(14)17-8)7-1-3-9(4-2-7)18(12,15)16/h1-4,8H,5-6,11H2,(H2,12,15,16)/t8-/m0/s1. The Bertz CT molecular complexity index is 555. The van der Waals surface area contributed by atoms with Gasteiger partial charge in [-0.25, -0.2) is 18.4 Å². The number of nitrogens with two attached hydrogens (primary N) is 2. The maximum absolute atomic E-state index is 11.5. The van der Waals surface area contributed by atoms with Crippen LogP contribution in [-0.2, 0) is 14.8 Å². The Labute approximate surface area is 104 Å². The van der Waals surface area contributed by atoms with Gasteiger partial charge in [0.1, 0.15) is 6.10 Å². The predicted octanol–water partition coefficient (Wildman–Crippen LogP) is -0.382. The van der Waals surface area contributed by atoms with E-state index in [-0.39, 0.29) is 17.5 Å². The van der Waals surface area contributed by atoms with Gasteiger partial charge in [-0.3, -0.25) is 4.90 Å². The Morgan fingerprint density at radius 1 is 1.33 bits per heavy atom. The quantitative estimate of drug-likeness (QED) is 0.777. The molecule has 1 atom stereocenters. The molecule has 0 aliphatic carbocycles. The number of anilines is 1. The number of ether oxygens (including phenoxy) is 1. The number of benzene rings is 1. The number of primary sulfonamides is 1. The highest BCUT2D eigenvalue weighted by Crippen LogP contribution is 2.22. The number of amides is 1. The average Bonchev–Trinajstić information content (AvgIpc) is 2.70. The highest BCUT2D eigenvalue weighted by molar-refractivity contribution is 7.89. The number of sulfonamides is 1. The Kier molecular flexibility index (Phi) is 3.24. The largest absolute Gasteiger partial charge is 0.443 e. The number of nitrogens with zero attached hydrogens (tertiary/aromatic N) is 1. The lowest BCUT2D eigenvalue weighted by Gasteiger charge is -2.12. The molecule has 0 radical (unpaired) electrons. The molecule has 0 aromatic heterocycles. The van der Waals surface area contributed by atoms with Gasteiger partial charge in [0.05, 0.1) is 11.4 Å². The monoisotopic (exact) mass is 271 g/mol. The van der Waals surface area contributed by atoms with E-state index < -0.39 is 16.1 Å². The molecule has 1 saturated heterocycles. The molecule has 98 valence electrons. The predicted molar refractivity (Wildman–Crippen MR) is 64.5 cm³/mol.